The van der Waals surface area contributed by atoms with Crippen LogP contribution in [0, 0.1) is 11.8 Å². The largest absolute Gasteiger partial charge is 0.0979 e. The Kier molecular flexibility index (Phi) is 3.97. The van der Waals surface area contributed by atoms with Crippen LogP contribution in [0.5, 0.6) is 0 Å². The van der Waals surface area contributed by atoms with Crippen molar-refractivity contribution >= 4 is 0 Å². The summed E-state index contributed by atoms with van der Waals surface area (Å²) >= 11 is 0. The predicted octanol–water partition coefficient (Wildman–Crippen LogP) is 4.14. The molecule has 1 rings (SSSR count). The summed E-state index contributed by atoms with van der Waals surface area (Å²) in [6, 6.07) is 8.58. The number of hydrogen-bond donors (Lipinski definition) is 0. The molecule has 80 valence electrons. The van der Waals surface area contributed by atoms with E-state index in [1.54, 1.807) is 0 Å². The van der Waals surface area contributed by atoms with Crippen molar-refractivity contribution in [3.63, 3.8) is 0 Å². The van der Waals surface area contributed by atoms with E-state index in [1.165, 1.54) is 5.56 Å². The molecule has 0 aliphatic carbocycles. The highest BCUT2D eigenvalue weighted by molar-refractivity contribution is 5.37. The quantitative estimate of drug-likeness (QED) is 0.598. The first-order chi connectivity index (χ1) is 7.04. The van der Waals surface area contributed by atoms with E-state index in [0.29, 0.717) is 0 Å². The molecule has 0 nitrogen and oxygen atoms in total. The zero-order valence-corrected chi connectivity index (χ0v) is 10.2. The summed E-state index contributed by atoms with van der Waals surface area (Å²) in [5.74, 6) is 6.33. The molecular formula is C15H20. The zero-order valence-electron chi connectivity index (χ0n) is 10.2. The SMILES string of the molecule is CCCC#Cc1ccc(C(C)(C)C)cc1. The van der Waals surface area contributed by atoms with Crippen LogP contribution < -0.4 is 0 Å². The Morgan fingerprint density at radius 2 is 1.67 bits per heavy atom. The normalized spacial score (nSPS) is 10.7. The van der Waals surface area contributed by atoms with Gasteiger partial charge in [0.05, 0.1) is 0 Å². The Bertz CT molecular complexity index is 352. The molecule has 1 aromatic carbocycles. The maximum atomic E-state index is 3.17. The van der Waals surface area contributed by atoms with E-state index in [1.807, 2.05) is 0 Å². The first kappa shape index (κ1) is 11.9. The van der Waals surface area contributed by atoms with Crippen molar-refractivity contribution in [2.75, 3.05) is 0 Å². The standard InChI is InChI=1S/C15H20/c1-5-6-7-8-13-9-11-14(12-10-13)15(2,3)4/h9-12H,5-6H2,1-4H3. The van der Waals surface area contributed by atoms with Crippen LogP contribution >= 0.6 is 0 Å². The average Bonchev–Trinajstić information content (AvgIpc) is 2.18. The van der Waals surface area contributed by atoms with Crippen molar-refractivity contribution in [2.45, 2.75) is 46.0 Å². The van der Waals surface area contributed by atoms with Gasteiger partial charge in [-0.05, 0) is 29.5 Å². The van der Waals surface area contributed by atoms with Gasteiger partial charge in [0.1, 0.15) is 0 Å². The summed E-state index contributed by atoms with van der Waals surface area (Å²) in [6.07, 6.45) is 2.12. The Morgan fingerprint density at radius 3 is 2.13 bits per heavy atom. The molecule has 0 aliphatic rings. The highest BCUT2D eigenvalue weighted by Gasteiger charge is 2.12. The van der Waals surface area contributed by atoms with Gasteiger partial charge in [-0.25, -0.2) is 0 Å². The van der Waals surface area contributed by atoms with Crippen molar-refractivity contribution in [3.05, 3.63) is 35.4 Å². The van der Waals surface area contributed by atoms with E-state index in [4.69, 9.17) is 0 Å². The smallest absolute Gasteiger partial charge is 0.0245 e. The zero-order chi connectivity index (χ0) is 11.3. The molecule has 0 spiro atoms. The topological polar surface area (TPSA) is 0 Å². The van der Waals surface area contributed by atoms with Gasteiger partial charge >= 0.3 is 0 Å². The molecule has 0 radical (unpaired) electrons. The third-order valence-electron chi connectivity index (χ3n) is 2.36. The summed E-state index contributed by atoms with van der Waals surface area (Å²) in [4.78, 5) is 0. The summed E-state index contributed by atoms with van der Waals surface area (Å²) < 4.78 is 0. The fourth-order valence-corrected chi connectivity index (χ4v) is 1.34. The molecule has 0 heterocycles. The lowest BCUT2D eigenvalue weighted by atomic mass is 9.87. The van der Waals surface area contributed by atoms with Gasteiger partial charge in [0.15, 0.2) is 0 Å². The van der Waals surface area contributed by atoms with Crippen LogP contribution in [0.15, 0.2) is 24.3 Å². The molecule has 0 aliphatic heterocycles. The first-order valence-corrected chi connectivity index (χ1v) is 5.63. The fourth-order valence-electron chi connectivity index (χ4n) is 1.34. The van der Waals surface area contributed by atoms with Crippen LogP contribution in [0.2, 0.25) is 0 Å². The lowest BCUT2D eigenvalue weighted by molar-refractivity contribution is 0.590. The highest BCUT2D eigenvalue weighted by atomic mass is 14.2. The molecule has 15 heavy (non-hydrogen) atoms. The molecule has 0 aromatic heterocycles. The van der Waals surface area contributed by atoms with Gasteiger partial charge in [0.25, 0.3) is 0 Å². The molecule has 0 saturated carbocycles. The van der Waals surface area contributed by atoms with Crippen LogP contribution in [0.25, 0.3) is 0 Å². The number of rotatable bonds is 1. The van der Waals surface area contributed by atoms with Crippen molar-refractivity contribution in [3.8, 4) is 11.8 Å². The molecule has 0 unspecified atom stereocenters. The van der Waals surface area contributed by atoms with E-state index in [9.17, 15) is 0 Å². The highest BCUT2D eigenvalue weighted by Crippen LogP contribution is 2.21. The second kappa shape index (κ2) is 5.03. The number of unbranched alkanes of at least 4 members (excludes halogenated alkanes) is 1. The molecule has 0 saturated heterocycles. The van der Waals surface area contributed by atoms with Crippen LogP contribution in [0.4, 0.5) is 0 Å². The van der Waals surface area contributed by atoms with E-state index in [-0.39, 0.29) is 5.41 Å². The summed E-state index contributed by atoms with van der Waals surface area (Å²) in [5, 5.41) is 0. The van der Waals surface area contributed by atoms with Gasteiger partial charge in [-0.3, -0.25) is 0 Å². The van der Waals surface area contributed by atoms with Crippen molar-refractivity contribution in [1.82, 2.24) is 0 Å². The van der Waals surface area contributed by atoms with Gasteiger partial charge in [-0.1, -0.05) is 51.7 Å². The number of hydrogen-bond acceptors (Lipinski definition) is 0. The molecule has 0 bridgehead atoms. The van der Waals surface area contributed by atoms with Crippen LogP contribution in [0.1, 0.15) is 51.7 Å². The monoisotopic (exact) mass is 200 g/mol. The van der Waals surface area contributed by atoms with Gasteiger partial charge in [0, 0.05) is 12.0 Å². The van der Waals surface area contributed by atoms with Gasteiger partial charge in [0.2, 0.25) is 0 Å². The second-order valence-corrected chi connectivity index (χ2v) is 4.88. The lowest BCUT2D eigenvalue weighted by Gasteiger charge is -2.18. The minimum atomic E-state index is 0.232. The lowest BCUT2D eigenvalue weighted by Crippen LogP contribution is -2.10. The minimum absolute atomic E-state index is 0.232. The summed E-state index contributed by atoms with van der Waals surface area (Å²) in [7, 11) is 0. The van der Waals surface area contributed by atoms with Gasteiger partial charge in [-0.15, -0.1) is 0 Å². The third kappa shape index (κ3) is 3.80. The maximum absolute atomic E-state index is 3.17. The fraction of sp³-hybridized carbons (Fsp3) is 0.467. The molecule has 0 amide bonds. The second-order valence-electron chi connectivity index (χ2n) is 4.88. The molecule has 1 aromatic rings. The Labute approximate surface area is 93.7 Å². The Hall–Kier alpha value is -1.22. The average molecular weight is 200 g/mol. The molecule has 0 heteroatoms. The van der Waals surface area contributed by atoms with Crippen LogP contribution in [0.3, 0.4) is 0 Å². The molecular weight excluding hydrogens is 180 g/mol. The maximum Gasteiger partial charge on any atom is 0.0245 e. The summed E-state index contributed by atoms with van der Waals surface area (Å²) in [6.45, 7) is 8.83. The Balaban J connectivity index is 2.79. The number of benzene rings is 1. The predicted molar refractivity (Wildman–Crippen MR) is 66.9 cm³/mol. The van der Waals surface area contributed by atoms with E-state index in [2.05, 4.69) is 63.8 Å². The summed E-state index contributed by atoms with van der Waals surface area (Å²) in [5.41, 5.74) is 2.72. The van der Waals surface area contributed by atoms with Gasteiger partial charge < -0.3 is 0 Å². The van der Waals surface area contributed by atoms with E-state index >= 15 is 0 Å². The third-order valence-corrected chi connectivity index (χ3v) is 2.36. The molecule has 0 atom stereocenters. The first-order valence-electron chi connectivity index (χ1n) is 5.63. The minimum Gasteiger partial charge on any atom is -0.0979 e. The van der Waals surface area contributed by atoms with E-state index < -0.39 is 0 Å². The van der Waals surface area contributed by atoms with Crippen molar-refractivity contribution in [2.24, 2.45) is 0 Å². The molecule has 0 N–H and O–H groups in total. The van der Waals surface area contributed by atoms with Crippen LogP contribution in [-0.4, -0.2) is 0 Å². The van der Waals surface area contributed by atoms with Crippen LogP contribution in [-0.2, 0) is 5.41 Å². The van der Waals surface area contributed by atoms with Crippen molar-refractivity contribution < 1.29 is 0 Å². The molecule has 0 fully saturated rings. The van der Waals surface area contributed by atoms with Gasteiger partial charge in [-0.2, -0.15) is 0 Å². The van der Waals surface area contributed by atoms with E-state index in [0.717, 1.165) is 18.4 Å². The van der Waals surface area contributed by atoms with Crippen molar-refractivity contribution in [1.29, 1.82) is 0 Å². The Morgan fingerprint density at radius 1 is 1.07 bits per heavy atom.